The fraction of sp³-hybridized carbons (Fsp3) is 0.385. The Morgan fingerprint density at radius 2 is 1.62 bits per heavy atom. The van der Waals surface area contributed by atoms with Gasteiger partial charge in [-0.05, 0) is 31.5 Å². The Morgan fingerprint density at radius 3 is 2.00 bits per heavy atom. The second kappa shape index (κ2) is 6.63. The molecule has 88 valence electrons. The number of rotatable bonds is 6. The second-order valence-corrected chi connectivity index (χ2v) is 5.64. The minimum Gasteiger partial charge on any atom is -0.394 e. The minimum atomic E-state index is -1.67. The molecule has 0 aromatic heterocycles. The van der Waals surface area contributed by atoms with Gasteiger partial charge in [0.05, 0.1) is 0 Å². The summed E-state index contributed by atoms with van der Waals surface area (Å²) in [7, 11) is -1.67. The van der Waals surface area contributed by atoms with Gasteiger partial charge in [-0.1, -0.05) is 36.4 Å². The lowest BCUT2D eigenvalue weighted by Crippen LogP contribution is -2.36. The van der Waals surface area contributed by atoms with Crippen LogP contribution >= 0.6 is 0 Å². The molecule has 2 nitrogen and oxygen atoms in total. The molecule has 0 saturated carbocycles. The van der Waals surface area contributed by atoms with Gasteiger partial charge in [0.1, 0.15) is 0 Å². The van der Waals surface area contributed by atoms with Gasteiger partial charge in [-0.3, -0.25) is 0 Å². The fourth-order valence-electron chi connectivity index (χ4n) is 1.47. The van der Waals surface area contributed by atoms with E-state index < -0.39 is 9.28 Å². The molecule has 0 aliphatic rings. The molecule has 0 heterocycles. The van der Waals surface area contributed by atoms with Crippen LogP contribution < -0.4 is 5.19 Å². The molecule has 1 aromatic carbocycles. The topological polar surface area (TPSA) is 18.5 Å². The van der Waals surface area contributed by atoms with Gasteiger partial charge in [0.25, 0.3) is 0 Å². The van der Waals surface area contributed by atoms with Gasteiger partial charge in [-0.2, -0.15) is 0 Å². The fourth-order valence-corrected chi connectivity index (χ4v) is 3.06. The van der Waals surface area contributed by atoms with E-state index in [2.05, 4.69) is 30.8 Å². The highest BCUT2D eigenvalue weighted by Gasteiger charge is 2.14. The van der Waals surface area contributed by atoms with Crippen LogP contribution in [0.2, 0.25) is 0 Å². The predicted octanol–water partition coefficient (Wildman–Crippen LogP) is 2.22. The monoisotopic (exact) mass is 236 g/mol. The van der Waals surface area contributed by atoms with E-state index in [0.29, 0.717) is 13.2 Å². The van der Waals surface area contributed by atoms with E-state index >= 15 is 0 Å². The quantitative estimate of drug-likeness (QED) is 0.705. The number of hydrogen-bond acceptors (Lipinski definition) is 2. The van der Waals surface area contributed by atoms with Crippen LogP contribution in [-0.4, -0.2) is 22.5 Å². The number of hydrogen-bond donors (Lipinski definition) is 0. The van der Waals surface area contributed by atoms with E-state index in [9.17, 15) is 0 Å². The van der Waals surface area contributed by atoms with Crippen molar-refractivity contribution in [1.29, 1.82) is 0 Å². The van der Waals surface area contributed by atoms with E-state index in [4.69, 9.17) is 8.85 Å². The van der Waals surface area contributed by atoms with Crippen LogP contribution in [0, 0.1) is 0 Å². The molecule has 16 heavy (non-hydrogen) atoms. The summed E-state index contributed by atoms with van der Waals surface area (Å²) in [6.45, 7) is 11.3. The van der Waals surface area contributed by atoms with Crippen molar-refractivity contribution in [3.63, 3.8) is 0 Å². The summed E-state index contributed by atoms with van der Waals surface area (Å²) < 4.78 is 11.3. The maximum atomic E-state index is 5.66. The number of allylic oxidation sites excluding steroid dienone is 1. The van der Waals surface area contributed by atoms with Crippen molar-refractivity contribution in [1.82, 2.24) is 0 Å². The Balaban J connectivity index is 2.80. The lowest BCUT2D eigenvalue weighted by atomic mass is 10.1. The van der Waals surface area contributed by atoms with Crippen molar-refractivity contribution in [3.8, 4) is 0 Å². The Morgan fingerprint density at radius 1 is 1.12 bits per heavy atom. The first-order valence-corrected chi connectivity index (χ1v) is 7.20. The molecular formula is C13H20O2Si. The first kappa shape index (κ1) is 13.2. The van der Waals surface area contributed by atoms with Gasteiger partial charge < -0.3 is 8.85 Å². The third-order valence-corrected chi connectivity index (χ3v) is 4.51. The predicted molar refractivity (Wildman–Crippen MR) is 71.2 cm³/mol. The summed E-state index contributed by atoms with van der Waals surface area (Å²) in [5, 5.41) is 1.19. The summed E-state index contributed by atoms with van der Waals surface area (Å²) in [6, 6.07) is 8.34. The van der Waals surface area contributed by atoms with Crippen molar-refractivity contribution >= 4 is 20.0 Å². The van der Waals surface area contributed by atoms with Crippen LogP contribution in [0.1, 0.15) is 26.3 Å². The Bertz CT molecular complexity index is 326. The highest BCUT2D eigenvalue weighted by atomic mass is 28.3. The first-order valence-electron chi connectivity index (χ1n) is 5.68. The van der Waals surface area contributed by atoms with E-state index in [1.165, 1.54) is 10.8 Å². The molecule has 0 fully saturated rings. The second-order valence-electron chi connectivity index (χ2n) is 3.64. The van der Waals surface area contributed by atoms with E-state index in [-0.39, 0.29) is 0 Å². The minimum absolute atomic E-state index is 0.707. The third-order valence-electron chi connectivity index (χ3n) is 2.31. The van der Waals surface area contributed by atoms with Crippen molar-refractivity contribution in [2.75, 3.05) is 13.2 Å². The van der Waals surface area contributed by atoms with E-state index in [0.717, 1.165) is 5.57 Å². The molecule has 0 N–H and O–H groups in total. The standard InChI is InChI=1S/C13H20O2Si/c1-5-14-16(15-6-2)13-9-7-12(8-10-13)11(3)4/h7-10,16H,3,5-6H2,1-2,4H3. The van der Waals surface area contributed by atoms with Gasteiger partial charge in [0.2, 0.25) is 0 Å². The summed E-state index contributed by atoms with van der Waals surface area (Å²) >= 11 is 0. The summed E-state index contributed by atoms with van der Waals surface area (Å²) in [4.78, 5) is 0. The molecule has 0 aliphatic carbocycles. The van der Waals surface area contributed by atoms with Crippen LogP contribution in [0.5, 0.6) is 0 Å². The summed E-state index contributed by atoms with van der Waals surface area (Å²) in [5.74, 6) is 0. The zero-order valence-electron chi connectivity index (χ0n) is 10.3. The Kier molecular flexibility index (Phi) is 5.45. The van der Waals surface area contributed by atoms with Crippen LogP contribution in [-0.2, 0) is 8.85 Å². The normalized spacial score (nSPS) is 10.8. The maximum Gasteiger partial charge on any atom is 0.355 e. The largest absolute Gasteiger partial charge is 0.394 e. The molecule has 1 rings (SSSR count). The lowest BCUT2D eigenvalue weighted by Gasteiger charge is -2.15. The van der Waals surface area contributed by atoms with Crippen LogP contribution in [0.3, 0.4) is 0 Å². The van der Waals surface area contributed by atoms with Gasteiger partial charge >= 0.3 is 9.28 Å². The smallest absolute Gasteiger partial charge is 0.355 e. The summed E-state index contributed by atoms with van der Waals surface area (Å²) in [5.41, 5.74) is 2.25. The number of benzene rings is 1. The summed E-state index contributed by atoms with van der Waals surface area (Å²) in [6.07, 6.45) is 0. The molecule has 0 spiro atoms. The first-order chi connectivity index (χ1) is 7.69. The molecule has 3 heteroatoms. The third kappa shape index (κ3) is 3.59. The van der Waals surface area contributed by atoms with Crippen LogP contribution in [0.15, 0.2) is 30.8 Å². The molecular weight excluding hydrogens is 216 g/mol. The van der Waals surface area contributed by atoms with Crippen molar-refractivity contribution in [3.05, 3.63) is 36.4 Å². The maximum absolute atomic E-state index is 5.66. The van der Waals surface area contributed by atoms with Crippen molar-refractivity contribution < 1.29 is 8.85 Å². The molecule has 0 aliphatic heterocycles. The molecule has 1 aromatic rings. The van der Waals surface area contributed by atoms with Gasteiger partial charge in [0, 0.05) is 13.2 Å². The lowest BCUT2D eigenvalue weighted by molar-refractivity contribution is 0.225. The average Bonchev–Trinajstić information content (AvgIpc) is 2.29. The molecule has 0 bridgehead atoms. The molecule has 0 unspecified atom stereocenters. The van der Waals surface area contributed by atoms with Gasteiger partial charge in [0.15, 0.2) is 0 Å². The molecule has 0 radical (unpaired) electrons. The Labute approximate surface area is 99.7 Å². The van der Waals surface area contributed by atoms with Crippen molar-refractivity contribution in [2.24, 2.45) is 0 Å². The van der Waals surface area contributed by atoms with Crippen LogP contribution in [0.25, 0.3) is 5.57 Å². The van der Waals surface area contributed by atoms with Crippen LogP contribution in [0.4, 0.5) is 0 Å². The zero-order valence-corrected chi connectivity index (χ0v) is 11.5. The highest BCUT2D eigenvalue weighted by molar-refractivity contribution is 6.61. The van der Waals surface area contributed by atoms with Crippen molar-refractivity contribution in [2.45, 2.75) is 20.8 Å². The average molecular weight is 236 g/mol. The molecule has 0 amide bonds. The SMILES string of the molecule is C=C(C)c1ccc([SiH](OCC)OCC)cc1. The van der Waals surface area contributed by atoms with E-state index in [1.807, 2.05) is 20.8 Å². The van der Waals surface area contributed by atoms with Gasteiger partial charge in [-0.25, -0.2) is 0 Å². The molecule has 0 atom stereocenters. The zero-order chi connectivity index (χ0) is 12.0. The van der Waals surface area contributed by atoms with Gasteiger partial charge in [-0.15, -0.1) is 0 Å². The Hall–Kier alpha value is -0.903. The highest BCUT2D eigenvalue weighted by Crippen LogP contribution is 2.09. The molecule has 0 saturated heterocycles. The van der Waals surface area contributed by atoms with E-state index in [1.54, 1.807) is 0 Å².